The highest BCUT2D eigenvalue weighted by atomic mass is 32.1. The Kier molecular flexibility index (Phi) is 3.86. The molecule has 0 aliphatic carbocycles. The number of hydrogen-bond acceptors (Lipinski definition) is 4. The summed E-state index contributed by atoms with van der Waals surface area (Å²) in [6.45, 7) is 4.46. The maximum Gasteiger partial charge on any atom is 0.206 e. The number of carbonyl (C=O) groups excluding carboxylic acids is 1. The van der Waals surface area contributed by atoms with E-state index in [1.165, 1.54) is 11.3 Å². The summed E-state index contributed by atoms with van der Waals surface area (Å²) < 4.78 is 6.29. The summed E-state index contributed by atoms with van der Waals surface area (Å²) in [4.78, 5) is 13.0. The summed E-state index contributed by atoms with van der Waals surface area (Å²) in [6, 6.07) is 12.8. The molecule has 0 spiro atoms. The molecule has 1 heterocycles. The quantitative estimate of drug-likeness (QED) is 0.719. The van der Waals surface area contributed by atoms with Crippen molar-refractivity contribution >= 4 is 27.2 Å². The van der Waals surface area contributed by atoms with Crippen molar-refractivity contribution in [2.45, 2.75) is 13.8 Å². The van der Waals surface area contributed by atoms with Gasteiger partial charge in [0.25, 0.3) is 0 Å². The zero-order valence-electron chi connectivity index (χ0n) is 12.4. The molecule has 4 heteroatoms. The van der Waals surface area contributed by atoms with E-state index in [2.05, 4.69) is 0 Å². The van der Waals surface area contributed by atoms with Crippen molar-refractivity contribution in [3.63, 3.8) is 0 Å². The van der Waals surface area contributed by atoms with E-state index < -0.39 is 0 Å². The molecule has 2 aromatic carbocycles. The molecule has 0 bridgehead atoms. The summed E-state index contributed by atoms with van der Waals surface area (Å²) in [5.41, 5.74) is 1.60. The first-order valence-electron chi connectivity index (χ1n) is 7.10. The molecule has 0 saturated heterocycles. The molecular weight excluding hydrogens is 296 g/mol. The lowest BCUT2D eigenvalue weighted by Crippen LogP contribution is -1.99. The predicted molar refractivity (Wildman–Crippen MR) is 89.3 cm³/mol. The molecule has 0 amide bonds. The molecule has 0 saturated carbocycles. The lowest BCUT2D eigenvalue weighted by atomic mass is 10.1. The van der Waals surface area contributed by atoms with Gasteiger partial charge in [0.1, 0.15) is 16.4 Å². The van der Waals surface area contributed by atoms with Crippen LogP contribution in [-0.2, 0) is 0 Å². The van der Waals surface area contributed by atoms with Crippen molar-refractivity contribution < 1.29 is 14.6 Å². The number of benzene rings is 2. The Balaban J connectivity index is 1.99. The molecule has 112 valence electrons. The first-order valence-corrected chi connectivity index (χ1v) is 7.91. The van der Waals surface area contributed by atoms with Gasteiger partial charge in [0.15, 0.2) is 0 Å². The van der Waals surface area contributed by atoms with Crippen LogP contribution in [0, 0.1) is 6.92 Å². The topological polar surface area (TPSA) is 46.5 Å². The fourth-order valence-corrected chi connectivity index (χ4v) is 3.39. The third-order valence-corrected chi connectivity index (χ3v) is 4.61. The standard InChI is InChI=1S/C18H16O3S/c1-3-21-13-7-5-12(6-8-13)16(19)18-17(20)14-10-11(2)4-9-15(14)22-18/h4-10,20H,3H2,1-2H3. The van der Waals surface area contributed by atoms with Crippen molar-refractivity contribution in [2.24, 2.45) is 0 Å². The van der Waals surface area contributed by atoms with Crippen LogP contribution in [0.4, 0.5) is 0 Å². The second-order valence-corrected chi connectivity index (χ2v) is 6.12. The number of rotatable bonds is 4. The van der Waals surface area contributed by atoms with Gasteiger partial charge < -0.3 is 9.84 Å². The second kappa shape index (κ2) is 5.81. The van der Waals surface area contributed by atoms with Crippen LogP contribution in [0.5, 0.6) is 11.5 Å². The van der Waals surface area contributed by atoms with E-state index in [0.29, 0.717) is 17.0 Å². The van der Waals surface area contributed by atoms with E-state index in [9.17, 15) is 9.90 Å². The van der Waals surface area contributed by atoms with E-state index in [1.54, 1.807) is 24.3 Å². The fraction of sp³-hybridized carbons (Fsp3) is 0.167. The maximum atomic E-state index is 12.6. The van der Waals surface area contributed by atoms with Gasteiger partial charge >= 0.3 is 0 Å². The minimum Gasteiger partial charge on any atom is -0.506 e. The lowest BCUT2D eigenvalue weighted by molar-refractivity contribution is 0.104. The number of aromatic hydroxyl groups is 1. The van der Waals surface area contributed by atoms with Gasteiger partial charge in [0, 0.05) is 15.6 Å². The molecular formula is C18H16O3S. The fourth-order valence-electron chi connectivity index (χ4n) is 2.35. The van der Waals surface area contributed by atoms with Gasteiger partial charge in [0.2, 0.25) is 5.78 Å². The van der Waals surface area contributed by atoms with Gasteiger partial charge in [-0.3, -0.25) is 4.79 Å². The minimum atomic E-state index is -0.167. The summed E-state index contributed by atoms with van der Waals surface area (Å²) >= 11 is 1.32. The van der Waals surface area contributed by atoms with Crippen LogP contribution in [0.2, 0.25) is 0 Å². The van der Waals surface area contributed by atoms with Gasteiger partial charge in [-0.15, -0.1) is 11.3 Å². The molecule has 1 aromatic heterocycles. The number of fused-ring (bicyclic) bond motifs is 1. The molecule has 0 aliphatic heterocycles. The predicted octanol–water partition coefficient (Wildman–Crippen LogP) is 4.55. The molecule has 3 nitrogen and oxygen atoms in total. The summed E-state index contributed by atoms with van der Waals surface area (Å²) in [5, 5.41) is 11.1. The molecule has 0 radical (unpaired) electrons. The van der Waals surface area contributed by atoms with Crippen molar-refractivity contribution in [2.75, 3.05) is 6.61 Å². The highest BCUT2D eigenvalue weighted by molar-refractivity contribution is 7.21. The van der Waals surface area contributed by atoms with Gasteiger partial charge in [-0.2, -0.15) is 0 Å². The van der Waals surface area contributed by atoms with Crippen LogP contribution in [0.1, 0.15) is 27.7 Å². The van der Waals surface area contributed by atoms with Crippen LogP contribution in [-0.4, -0.2) is 17.5 Å². The first-order chi connectivity index (χ1) is 10.6. The average molecular weight is 312 g/mol. The van der Waals surface area contributed by atoms with E-state index in [-0.39, 0.29) is 11.5 Å². The smallest absolute Gasteiger partial charge is 0.206 e. The Labute approximate surface area is 132 Å². The lowest BCUT2D eigenvalue weighted by Gasteiger charge is -2.04. The Bertz CT molecular complexity index is 831. The molecule has 0 atom stereocenters. The zero-order valence-corrected chi connectivity index (χ0v) is 13.2. The number of hydrogen-bond donors (Lipinski definition) is 1. The number of thiophene rings is 1. The summed E-state index contributed by atoms with van der Waals surface area (Å²) in [6.07, 6.45) is 0. The molecule has 0 aliphatic rings. The molecule has 0 unspecified atom stereocenters. The van der Waals surface area contributed by atoms with Gasteiger partial charge in [0.05, 0.1) is 6.61 Å². The summed E-state index contributed by atoms with van der Waals surface area (Å²) in [5.74, 6) is 0.636. The van der Waals surface area contributed by atoms with E-state index in [0.717, 1.165) is 21.4 Å². The van der Waals surface area contributed by atoms with Crippen LogP contribution in [0.3, 0.4) is 0 Å². The van der Waals surface area contributed by atoms with E-state index >= 15 is 0 Å². The third-order valence-electron chi connectivity index (χ3n) is 3.45. The molecule has 3 aromatic rings. The highest BCUT2D eigenvalue weighted by Gasteiger charge is 2.19. The SMILES string of the molecule is CCOc1ccc(C(=O)c2sc3ccc(C)cc3c2O)cc1. The third kappa shape index (κ3) is 2.57. The number of ketones is 1. The van der Waals surface area contributed by atoms with E-state index in [1.807, 2.05) is 32.0 Å². The monoisotopic (exact) mass is 312 g/mol. The highest BCUT2D eigenvalue weighted by Crippen LogP contribution is 2.38. The number of ether oxygens (including phenoxy) is 1. The average Bonchev–Trinajstić information content (AvgIpc) is 2.84. The zero-order chi connectivity index (χ0) is 15.7. The number of aryl methyl sites for hydroxylation is 1. The Hall–Kier alpha value is -2.33. The van der Waals surface area contributed by atoms with Crippen molar-refractivity contribution in [3.8, 4) is 11.5 Å². The molecule has 22 heavy (non-hydrogen) atoms. The van der Waals surface area contributed by atoms with Crippen molar-refractivity contribution in [1.82, 2.24) is 0 Å². The summed E-state index contributed by atoms with van der Waals surface area (Å²) in [7, 11) is 0. The maximum absolute atomic E-state index is 12.6. The van der Waals surface area contributed by atoms with Crippen LogP contribution >= 0.6 is 11.3 Å². The Morgan fingerprint density at radius 3 is 2.59 bits per heavy atom. The van der Waals surface area contributed by atoms with Crippen LogP contribution in [0.15, 0.2) is 42.5 Å². The largest absolute Gasteiger partial charge is 0.506 e. The number of carbonyl (C=O) groups is 1. The van der Waals surface area contributed by atoms with Crippen LogP contribution < -0.4 is 4.74 Å². The van der Waals surface area contributed by atoms with Gasteiger partial charge in [-0.25, -0.2) is 0 Å². The Morgan fingerprint density at radius 1 is 1.18 bits per heavy atom. The van der Waals surface area contributed by atoms with Crippen molar-refractivity contribution in [1.29, 1.82) is 0 Å². The van der Waals surface area contributed by atoms with Crippen molar-refractivity contribution in [3.05, 3.63) is 58.5 Å². The van der Waals surface area contributed by atoms with Gasteiger partial charge in [-0.05, 0) is 50.2 Å². The first kappa shape index (κ1) is 14.6. The van der Waals surface area contributed by atoms with Crippen LogP contribution in [0.25, 0.3) is 10.1 Å². The normalized spacial score (nSPS) is 10.8. The molecule has 3 rings (SSSR count). The van der Waals surface area contributed by atoms with E-state index in [4.69, 9.17) is 4.74 Å². The minimum absolute atomic E-state index is 0.0718. The molecule has 1 N–H and O–H groups in total. The Morgan fingerprint density at radius 2 is 1.91 bits per heavy atom. The van der Waals surface area contributed by atoms with Gasteiger partial charge in [-0.1, -0.05) is 11.6 Å². The molecule has 0 fully saturated rings. The second-order valence-electron chi connectivity index (χ2n) is 5.07.